The van der Waals surface area contributed by atoms with Gasteiger partial charge in [0.2, 0.25) is 0 Å². The molecule has 3 rings (SSSR count). The second-order valence-electron chi connectivity index (χ2n) is 8.83. The van der Waals surface area contributed by atoms with Crippen molar-refractivity contribution >= 4 is 18.2 Å². The van der Waals surface area contributed by atoms with Crippen LogP contribution >= 0.6 is 7.29 Å². The molecule has 0 amide bonds. The molecule has 1 heterocycles. The predicted molar refractivity (Wildman–Crippen MR) is 110 cm³/mol. The lowest BCUT2D eigenvalue weighted by atomic mass is 10.0. The summed E-state index contributed by atoms with van der Waals surface area (Å²) in [5.41, 5.74) is 2.85. The zero-order valence-corrected chi connectivity index (χ0v) is 17.3. The Bertz CT molecular complexity index is 970. The molecular weight excluding hydrogens is 344 g/mol. The second kappa shape index (κ2) is 6.09. The minimum atomic E-state index is -2.85. The van der Waals surface area contributed by atoms with Crippen LogP contribution in [0.3, 0.4) is 0 Å². The molecule has 0 saturated heterocycles. The van der Waals surface area contributed by atoms with Crippen LogP contribution in [-0.2, 0) is 4.57 Å². The Balaban J connectivity index is 2.39. The highest BCUT2D eigenvalue weighted by molar-refractivity contribution is 7.65. The molecule has 0 saturated carbocycles. The first-order valence-corrected chi connectivity index (χ1v) is 10.6. The number of hydrogen-bond donors (Lipinski definition) is 0. The van der Waals surface area contributed by atoms with Crippen LogP contribution < -0.4 is 0 Å². The fourth-order valence-corrected chi connectivity index (χ4v) is 7.99. The van der Waals surface area contributed by atoms with Crippen molar-refractivity contribution in [2.24, 2.45) is 0 Å². The smallest absolute Gasteiger partial charge is 0.186 e. The standard InChI is InChI=1S/C22H27FNOP/c1-21(2,3)26(25,22(4,5)6)24-15-14-17-8-7-9-19(20(17)24)16-10-12-18(23)13-11-16/h7-15H,1-6H3. The molecule has 2 nitrogen and oxygen atoms in total. The number of para-hydroxylation sites is 1. The van der Waals surface area contributed by atoms with Crippen LogP contribution in [0.2, 0.25) is 0 Å². The highest BCUT2D eigenvalue weighted by Crippen LogP contribution is 2.68. The van der Waals surface area contributed by atoms with Crippen molar-refractivity contribution in [3.05, 3.63) is 60.5 Å². The van der Waals surface area contributed by atoms with Crippen molar-refractivity contribution in [1.29, 1.82) is 0 Å². The molecule has 0 bridgehead atoms. The first-order chi connectivity index (χ1) is 12.0. The molecule has 138 valence electrons. The summed E-state index contributed by atoms with van der Waals surface area (Å²) in [7, 11) is -2.85. The summed E-state index contributed by atoms with van der Waals surface area (Å²) in [6.45, 7) is 12.3. The van der Waals surface area contributed by atoms with Gasteiger partial charge in [-0.15, -0.1) is 0 Å². The molecule has 0 fully saturated rings. The third-order valence-corrected chi connectivity index (χ3v) is 9.55. The number of halogens is 1. The fourth-order valence-electron chi connectivity index (χ4n) is 3.93. The molecule has 26 heavy (non-hydrogen) atoms. The van der Waals surface area contributed by atoms with Crippen LogP contribution in [-0.4, -0.2) is 14.6 Å². The van der Waals surface area contributed by atoms with E-state index >= 15 is 0 Å². The van der Waals surface area contributed by atoms with Gasteiger partial charge >= 0.3 is 0 Å². The van der Waals surface area contributed by atoms with Gasteiger partial charge in [0.05, 0.1) is 5.52 Å². The van der Waals surface area contributed by atoms with Gasteiger partial charge in [0.1, 0.15) is 5.82 Å². The van der Waals surface area contributed by atoms with Gasteiger partial charge in [-0.3, -0.25) is 8.90 Å². The van der Waals surface area contributed by atoms with Crippen molar-refractivity contribution in [2.45, 2.75) is 51.9 Å². The van der Waals surface area contributed by atoms with E-state index < -0.39 is 17.6 Å². The summed E-state index contributed by atoms with van der Waals surface area (Å²) >= 11 is 0. The summed E-state index contributed by atoms with van der Waals surface area (Å²) in [5, 5.41) is 0.251. The molecule has 2 aromatic carbocycles. The number of nitrogens with zero attached hydrogens (tertiary/aromatic N) is 1. The van der Waals surface area contributed by atoms with Crippen LogP contribution in [0.4, 0.5) is 4.39 Å². The van der Waals surface area contributed by atoms with E-state index in [0.29, 0.717) is 0 Å². The summed E-state index contributed by atoms with van der Waals surface area (Å²) < 4.78 is 29.9. The number of benzene rings is 2. The number of rotatable bonds is 2. The van der Waals surface area contributed by atoms with Crippen LogP contribution in [0, 0.1) is 5.82 Å². The maximum atomic E-state index is 14.5. The van der Waals surface area contributed by atoms with Gasteiger partial charge in [-0.2, -0.15) is 0 Å². The Morgan fingerprint density at radius 1 is 0.846 bits per heavy atom. The van der Waals surface area contributed by atoms with Crippen molar-refractivity contribution in [1.82, 2.24) is 4.34 Å². The topological polar surface area (TPSA) is 22.0 Å². The van der Waals surface area contributed by atoms with Crippen molar-refractivity contribution in [2.75, 3.05) is 0 Å². The summed E-state index contributed by atoms with van der Waals surface area (Å²) in [6, 6.07) is 14.6. The van der Waals surface area contributed by atoms with E-state index in [1.165, 1.54) is 12.1 Å². The van der Waals surface area contributed by atoms with Gasteiger partial charge in [-0.05, 0) is 23.8 Å². The third-order valence-electron chi connectivity index (χ3n) is 4.97. The van der Waals surface area contributed by atoms with E-state index in [1.54, 1.807) is 12.1 Å². The number of aromatic nitrogens is 1. The van der Waals surface area contributed by atoms with Gasteiger partial charge < -0.3 is 0 Å². The van der Waals surface area contributed by atoms with Gasteiger partial charge in [0.25, 0.3) is 0 Å². The molecule has 0 aliphatic carbocycles. The van der Waals surface area contributed by atoms with E-state index in [9.17, 15) is 8.96 Å². The zero-order valence-electron chi connectivity index (χ0n) is 16.4. The maximum absolute atomic E-state index is 14.5. The van der Waals surface area contributed by atoms with Crippen molar-refractivity contribution in [3.8, 4) is 11.1 Å². The molecule has 0 aliphatic heterocycles. The molecule has 0 aliphatic rings. The first-order valence-electron chi connectivity index (χ1n) is 8.94. The molecule has 0 atom stereocenters. The molecule has 0 unspecified atom stereocenters. The van der Waals surface area contributed by atoms with Crippen LogP contribution in [0.1, 0.15) is 41.5 Å². The summed E-state index contributed by atoms with van der Waals surface area (Å²) in [4.78, 5) is 0. The van der Waals surface area contributed by atoms with Gasteiger partial charge in [-0.1, -0.05) is 71.9 Å². The lowest BCUT2D eigenvalue weighted by Crippen LogP contribution is -2.32. The molecule has 0 radical (unpaired) electrons. The predicted octanol–water partition coefficient (Wildman–Crippen LogP) is 7.17. The van der Waals surface area contributed by atoms with E-state index in [2.05, 4.69) is 0 Å². The van der Waals surface area contributed by atoms with Gasteiger partial charge in [0, 0.05) is 27.5 Å². The van der Waals surface area contributed by atoms with Crippen molar-refractivity contribution < 1.29 is 8.96 Å². The zero-order chi connectivity index (χ0) is 19.3. The van der Waals surface area contributed by atoms with Crippen LogP contribution in [0.15, 0.2) is 54.7 Å². The average Bonchev–Trinajstić information content (AvgIpc) is 2.97. The lowest BCUT2D eigenvalue weighted by Gasteiger charge is -2.42. The van der Waals surface area contributed by atoms with E-state index in [1.807, 2.05) is 76.3 Å². The average molecular weight is 371 g/mol. The van der Waals surface area contributed by atoms with E-state index in [-0.39, 0.29) is 5.82 Å². The minimum Gasteiger partial charge on any atom is -0.299 e. The third kappa shape index (κ3) is 2.83. The summed E-state index contributed by atoms with van der Waals surface area (Å²) in [5.74, 6) is -0.258. The Labute approximate surface area is 155 Å². The lowest BCUT2D eigenvalue weighted by molar-refractivity contribution is 0.510. The molecule has 4 heteroatoms. The van der Waals surface area contributed by atoms with Crippen LogP contribution in [0.5, 0.6) is 0 Å². The molecular formula is C22H27FNOP. The van der Waals surface area contributed by atoms with Gasteiger partial charge in [-0.25, -0.2) is 4.39 Å². The Morgan fingerprint density at radius 2 is 1.42 bits per heavy atom. The maximum Gasteiger partial charge on any atom is 0.186 e. The highest BCUT2D eigenvalue weighted by atomic mass is 31.2. The first kappa shape index (κ1) is 18.9. The molecule has 0 N–H and O–H groups in total. The quantitative estimate of drug-likeness (QED) is 0.438. The summed E-state index contributed by atoms with van der Waals surface area (Å²) in [6.07, 6.45) is 1.95. The molecule has 3 aromatic rings. The minimum absolute atomic E-state index is 0.258. The largest absolute Gasteiger partial charge is 0.299 e. The second-order valence-corrected chi connectivity index (χ2v) is 13.1. The normalized spacial score (nSPS) is 13.3. The number of hydrogen-bond acceptors (Lipinski definition) is 1. The highest BCUT2D eigenvalue weighted by Gasteiger charge is 2.48. The Morgan fingerprint density at radius 3 is 1.96 bits per heavy atom. The fraction of sp³-hybridized carbons (Fsp3) is 0.364. The van der Waals surface area contributed by atoms with Crippen molar-refractivity contribution in [3.63, 3.8) is 0 Å². The van der Waals surface area contributed by atoms with Crippen LogP contribution in [0.25, 0.3) is 22.0 Å². The van der Waals surface area contributed by atoms with Gasteiger partial charge in [0.15, 0.2) is 7.29 Å². The Kier molecular flexibility index (Phi) is 4.43. The molecule has 0 spiro atoms. The Hall–Kier alpha value is -1.86. The number of fused-ring (bicyclic) bond motifs is 1. The van der Waals surface area contributed by atoms with E-state index in [4.69, 9.17) is 0 Å². The SMILES string of the molecule is CC(C)(C)P(=O)(n1ccc2cccc(-c3ccc(F)cc3)c21)C(C)(C)C. The molecule has 1 aromatic heterocycles. The monoisotopic (exact) mass is 371 g/mol. The van der Waals surface area contributed by atoms with E-state index in [0.717, 1.165) is 22.0 Å².